The van der Waals surface area contributed by atoms with Gasteiger partial charge in [0.2, 0.25) is 5.88 Å². The van der Waals surface area contributed by atoms with Gasteiger partial charge in [0, 0.05) is 6.54 Å². The molecule has 1 aromatic heterocycles. The Balaban J connectivity index is 2.95. The highest BCUT2D eigenvalue weighted by Gasteiger charge is 2.05. The molecule has 5 heteroatoms. The Morgan fingerprint density at radius 2 is 2.29 bits per heavy atom. The highest BCUT2D eigenvalue weighted by Crippen LogP contribution is 2.27. The van der Waals surface area contributed by atoms with Gasteiger partial charge in [-0.1, -0.05) is 18.5 Å². The molecule has 0 spiro atoms. The van der Waals surface area contributed by atoms with E-state index in [0.29, 0.717) is 17.4 Å². The minimum atomic E-state index is 0.265. The van der Waals surface area contributed by atoms with Gasteiger partial charge in [0.25, 0.3) is 0 Å². The highest BCUT2D eigenvalue weighted by molar-refractivity contribution is 6.29. The molecule has 0 saturated heterocycles. The van der Waals surface area contributed by atoms with Crippen LogP contribution in [0.3, 0.4) is 0 Å². The number of methoxy groups -OCH3 is 1. The average Bonchev–Trinajstić information content (AvgIpc) is 2.17. The van der Waals surface area contributed by atoms with Crippen LogP contribution in [0.25, 0.3) is 0 Å². The minimum Gasteiger partial charge on any atom is -0.758 e. The van der Waals surface area contributed by atoms with Crippen LogP contribution in [0, 0.1) is 5.21 Å². The fourth-order valence-electron chi connectivity index (χ4n) is 1.07. The lowest BCUT2D eigenvalue weighted by Gasteiger charge is -2.30. The van der Waals surface area contributed by atoms with Crippen LogP contribution in [0.15, 0.2) is 12.1 Å². The maximum atomic E-state index is 11.5. The zero-order chi connectivity index (χ0) is 10.6. The summed E-state index contributed by atoms with van der Waals surface area (Å²) in [4.78, 5) is 3.90. The summed E-state index contributed by atoms with van der Waals surface area (Å²) in [5.41, 5.74) is 0.416. The number of hydrogen-bond acceptors (Lipinski definition) is 4. The van der Waals surface area contributed by atoms with Crippen LogP contribution in [0.5, 0.6) is 5.88 Å². The van der Waals surface area contributed by atoms with Gasteiger partial charge >= 0.3 is 0 Å². The number of hydroxylamine groups is 1. The lowest BCUT2D eigenvalue weighted by Crippen LogP contribution is -2.16. The fraction of sp³-hybridized carbons (Fsp3) is 0.444. The molecule has 1 rings (SSSR count). The van der Waals surface area contributed by atoms with Crippen molar-refractivity contribution in [2.75, 3.05) is 18.7 Å². The van der Waals surface area contributed by atoms with Crippen molar-refractivity contribution in [3.05, 3.63) is 22.5 Å². The molecular formula is C9H12ClN2O2-. The van der Waals surface area contributed by atoms with Gasteiger partial charge in [-0.3, -0.25) is 0 Å². The van der Waals surface area contributed by atoms with E-state index in [-0.39, 0.29) is 5.88 Å². The van der Waals surface area contributed by atoms with Crippen LogP contribution in [-0.4, -0.2) is 18.6 Å². The summed E-state index contributed by atoms with van der Waals surface area (Å²) in [6.45, 7) is 2.35. The standard InChI is InChI=1S/C9H12ClN2O2/c1-3-6-12(13)7-4-5-8(10)11-9(7)14-2/h4-5H,3,6H2,1-2H3/q-1. The molecule has 0 fully saturated rings. The Morgan fingerprint density at radius 1 is 1.57 bits per heavy atom. The monoisotopic (exact) mass is 215 g/mol. The number of aromatic nitrogens is 1. The maximum absolute atomic E-state index is 11.5. The lowest BCUT2D eigenvalue weighted by molar-refractivity contribution is 0.398. The first-order chi connectivity index (χ1) is 6.69. The molecule has 0 radical (unpaired) electrons. The Hall–Kier alpha value is -1.00. The van der Waals surface area contributed by atoms with Crippen LogP contribution >= 0.6 is 11.6 Å². The zero-order valence-corrected chi connectivity index (χ0v) is 8.91. The van der Waals surface area contributed by atoms with Crippen molar-refractivity contribution in [3.63, 3.8) is 0 Å². The van der Waals surface area contributed by atoms with E-state index in [4.69, 9.17) is 16.3 Å². The van der Waals surface area contributed by atoms with Gasteiger partial charge in [-0.2, -0.15) is 4.98 Å². The number of ether oxygens (including phenoxy) is 1. The summed E-state index contributed by atoms with van der Waals surface area (Å²) < 4.78 is 4.96. The molecule has 0 aliphatic heterocycles. The molecule has 0 amide bonds. The van der Waals surface area contributed by atoms with E-state index in [1.807, 2.05) is 6.92 Å². The molecule has 1 aromatic rings. The second-order valence-corrected chi connectivity index (χ2v) is 3.15. The van der Waals surface area contributed by atoms with Crippen molar-refractivity contribution in [2.24, 2.45) is 0 Å². The molecule has 1 heterocycles. The molecule has 0 aliphatic carbocycles. The summed E-state index contributed by atoms with van der Waals surface area (Å²) in [6, 6.07) is 3.18. The van der Waals surface area contributed by atoms with Crippen LogP contribution < -0.4 is 9.80 Å². The van der Waals surface area contributed by atoms with Crippen LogP contribution in [0.2, 0.25) is 5.15 Å². The molecule has 0 N–H and O–H groups in total. The summed E-state index contributed by atoms with van der Waals surface area (Å²) in [7, 11) is 1.46. The number of hydrogen-bond donors (Lipinski definition) is 0. The van der Waals surface area contributed by atoms with E-state index >= 15 is 0 Å². The molecule has 0 unspecified atom stereocenters. The fourth-order valence-corrected chi connectivity index (χ4v) is 1.21. The third kappa shape index (κ3) is 2.49. The van der Waals surface area contributed by atoms with Gasteiger partial charge in [0.1, 0.15) is 5.15 Å². The molecule has 0 aliphatic rings. The van der Waals surface area contributed by atoms with Crippen LogP contribution in [0.1, 0.15) is 13.3 Å². The van der Waals surface area contributed by atoms with E-state index in [1.54, 1.807) is 12.1 Å². The minimum absolute atomic E-state index is 0.265. The van der Waals surface area contributed by atoms with Crippen LogP contribution in [0.4, 0.5) is 5.69 Å². The first kappa shape index (κ1) is 11.1. The second-order valence-electron chi connectivity index (χ2n) is 2.76. The second kappa shape index (κ2) is 5.02. The first-order valence-electron chi connectivity index (χ1n) is 4.34. The molecule has 0 aromatic carbocycles. The maximum Gasteiger partial charge on any atom is 0.237 e. The van der Waals surface area contributed by atoms with E-state index in [9.17, 15) is 5.21 Å². The van der Waals surface area contributed by atoms with E-state index in [0.717, 1.165) is 11.5 Å². The summed E-state index contributed by atoms with van der Waals surface area (Å²) >= 11 is 5.67. The number of nitrogens with zero attached hydrogens (tertiary/aromatic N) is 2. The number of pyridine rings is 1. The Labute approximate surface area is 88.0 Å². The predicted molar refractivity (Wildman–Crippen MR) is 56.8 cm³/mol. The van der Waals surface area contributed by atoms with Gasteiger partial charge in [-0.15, -0.1) is 0 Å². The first-order valence-corrected chi connectivity index (χ1v) is 4.72. The largest absolute Gasteiger partial charge is 0.758 e. The van der Waals surface area contributed by atoms with Crippen LogP contribution in [-0.2, 0) is 0 Å². The summed E-state index contributed by atoms with van der Waals surface area (Å²) in [5.74, 6) is 0.265. The van der Waals surface area contributed by atoms with Crippen molar-refractivity contribution in [1.29, 1.82) is 0 Å². The van der Waals surface area contributed by atoms with Crippen molar-refractivity contribution >= 4 is 17.3 Å². The van der Waals surface area contributed by atoms with Crippen molar-refractivity contribution < 1.29 is 4.74 Å². The van der Waals surface area contributed by atoms with E-state index < -0.39 is 0 Å². The summed E-state index contributed by atoms with van der Waals surface area (Å²) in [5, 5.41) is 12.7. The number of rotatable bonds is 4. The average molecular weight is 216 g/mol. The molecule has 0 atom stereocenters. The van der Waals surface area contributed by atoms with Gasteiger partial charge in [-0.05, 0) is 18.6 Å². The molecule has 14 heavy (non-hydrogen) atoms. The number of anilines is 1. The molecule has 78 valence electrons. The molecular weight excluding hydrogens is 204 g/mol. The van der Waals surface area contributed by atoms with Gasteiger partial charge in [-0.25, -0.2) is 0 Å². The predicted octanol–water partition coefficient (Wildman–Crippen LogP) is 2.46. The van der Waals surface area contributed by atoms with Crippen molar-refractivity contribution in [2.45, 2.75) is 13.3 Å². The third-order valence-corrected chi connectivity index (χ3v) is 1.91. The van der Waals surface area contributed by atoms with Gasteiger partial charge in [0.15, 0.2) is 0 Å². The SMILES string of the molecule is CCCN([O-])c1ccc(Cl)nc1OC. The van der Waals surface area contributed by atoms with Crippen molar-refractivity contribution in [1.82, 2.24) is 4.98 Å². The quantitative estimate of drug-likeness (QED) is 0.572. The highest BCUT2D eigenvalue weighted by atomic mass is 35.5. The van der Waals surface area contributed by atoms with E-state index in [1.165, 1.54) is 7.11 Å². The lowest BCUT2D eigenvalue weighted by atomic mass is 10.3. The molecule has 0 saturated carbocycles. The van der Waals surface area contributed by atoms with E-state index in [2.05, 4.69) is 4.98 Å². The Bertz CT molecular complexity index is 307. The van der Waals surface area contributed by atoms with Gasteiger partial charge in [0.05, 0.1) is 12.8 Å². The Kier molecular flexibility index (Phi) is 3.98. The normalized spacial score (nSPS) is 10.0. The number of halogens is 1. The van der Waals surface area contributed by atoms with Gasteiger partial charge < -0.3 is 15.0 Å². The smallest absolute Gasteiger partial charge is 0.237 e. The molecule has 4 nitrogen and oxygen atoms in total. The zero-order valence-electron chi connectivity index (χ0n) is 8.16. The summed E-state index contributed by atoms with van der Waals surface area (Å²) in [6.07, 6.45) is 0.773. The van der Waals surface area contributed by atoms with Crippen molar-refractivity contribution in [3.8, 4) is 5.88 Å². The Morgan fingerprint density at radius 3 is 2.86 bits per heavy atom. The topological polar surface area (TPSA) is 48.4 Å². The molecule has 0 bridgehead atoms. The third-order valence-electron chi connectivity index (χ3n) is 1.69.